The lowest BCUT2D eigenvalue weighted by molar-refractivity contribution is 0.596. The Bertz CT molecular complexity index is 827. The summed E-state index contributed by atoms with van der Waals surface area (Å²) in [5.41, 5.74) is 3.97. The van der Waals surface area contributed by atoms with E-state index in [-0.39, 0.29) is 0 Å². The highest BCUT2D eigenvalue weighted by atomic mass is 16.3. The van der Waals surface area contributed by atoms with Crippen LogP contribution in [-0.2, 0) is 0 Å². The number of rotatable bonds is 1. The maximum Gasteiger partial charge on any atom is 0.213 e. The molecular formula is C15H10N2O. The molecule has 3 aromatic heterocycles. The van der Waals surface area contributed by atoms with Crippen molar-refractivity contribution >= 4 is 22.1 Å². The number of pyridine rings is 1. The molecule has 0 saturated heterocycles. The lowest BCUT2D eigenvalue weighted by Gasteiger charge is -2.04. The fourth-order valence-electron chi connectivity index (χ4n) is 2.38. The molecule has 0 aliphatic rings. The summed E-state index contributed by atoms with van der Waals surface area (Å²) >= 11 is 0. The zero-order valence-corrected chi connectivity index (χ0v) is 9.58. The van der Waals surface area contributed by atoms with Crippen LogP contribution in [0.5, 0.6) is 0 Å². The van der Waals surface area contributed by atoms with Gasteiger partial charge in [0.1, 0.15) is 0 Å². The molecule has 0 aliphatic carbocycles. The second-order valence-electron chi connectivity index (χ2n) is 4.18. The van der Waals surface area contributed by atoms with Gasteiger partial charge in [0.15, 0.2) is 0 Å². The predicted molar refractivity (Wildman–Crippen MR) is 70.8 cm³/mol. The van der Waals surface area contributed by atoms with E-state index in [1.54, 1.807) is 6.26 Å². The van der Waals surface area contributed by atoms with Crippen molar-refractivity contribution in [3.8, 4) is 5.69 Å². The Balaban J connectivity index is 2.22. The smallest absolute Gasteiger partial charge is 0.213 e. The molecule has 0 radical (unpaired) electrons. The minimum Gasteiger partial charge on any atom is -0.447 e. The molecule has 18 heavy (non-hydrogen) atoms. The lowest BCUT2D eigenvalue weighted by atomic mass is 10.3. The van der Waals surface area contributed by atoms with E-state index in [0.29, 0.717) is 0 Å². The normalized spacial score (nSPS) is 11.3. The van der Waals surface area contributed by atoms with E-state index in [4.69, 9.17) is 4.42 Å². The van der Waals surface area contributed by atoms with Crippen LogP contribution in [0.2, 0.25) is 0 Å². The highest BCUT2D eigenvalue weighted by Gasteiger charge is 2.14. The summed E-state index contributed by atoms with van der Waals surface area (Å²) in [6.45, 7) is 0. The van der Waals surface area contributed by atoms with Crippen molar-refractivity contribution in [3.05, 3.63) is 61.0 Å². The molecule has 3 heteroatoms. The molecular weight excluding hydrogens is 224 g/mol. The summed E-state index contributed by atoms with van der Waals surface area (Å²) in [5.74, 6) is 0. The van der Waals surface area contributed by atoms with Gasteiger partial charge in [-0.05, 0) is 30.3 Å². The first-order valence-corrected chi connectivity index (χ1v) is 5.83. The van der Waals surface area contributed by atoms with Gasteiger partial charge >= 0.3 is 0 Å². The van der Waals surface area contributed by atoms with Gasteiger partial charge in [-0.1, -0.05) is 18.2 Å². The summed E-state index contributed by atoms with van der Waals surface area (Å²) in [7, 11) is 0. The monoisotopic (exact) mass is 234 g/mol. The molecule has 4 aromatic rings. The third kappa shape index (κ3) is 1.16. The maximum atomic E-state index is 5.61. The van der Waals surface area contributed by atoms with Crippen LogP contribution in [0.4, 0.5) is 0 Å². The number of furan rings is 1. The predicted octanol–water partition coefficient (Wildman–Crippen LogP) is 3.77. The molecule has 0 amide bonds. The van der Waals surface area contributed by atoms with Crippen LogP contribution in [0.1, 0.15) is 0 Å². The fraction of sp³-hybridized carbons (Fsp3) is 0. The summed E-state index contributed by atoms with van der Waals surface area (Å²) in [4.78, 5) is 4.45. The summed E-state index contributed by atoms with van der Waals surface area (Å²) in [6, 6.07) is 16.1. The van der Waals surface area contributed by atoms with Gasteiger partial charge in [-0.3, -0.25) is 9.55 Å². The van der Waals surface area contributed by atoms with Crippen molar-refractivity contribution < 1.29 is 4.42 Å². The van der Waals surface area contributed by atoms with Gasteiger partial charge in [-0.2, -0.15) is 0 Å². The van der Waals surface area contributed by atoms with Crippen LogP contribution < -0.4 is 0 Å². The lowest BCUT2D eigenvalue weighted by Crippen LogP contribution is -1.92. The molecule has 0 atom stereocenters. The maximum absolute atomic E-state index is 5.61. The zero-order chi connectivity index (χ0) is 11.9. The van der Waals surface area contributed by atoms with Gasteiger partial charge in [-0.15, -0.1) is 0 Å². The first kappa shape index (κ1) is 9.48. The van der Waals surface area contributed by atoms with Crippen LogP contribution in [-0.4, -0.2) is 9.55 Å². The third-order valence-electron chi connectivity index (χ3n) is 3.14. The van der Waals surface area contributed by atoms with Crippen molar-refractivity contribution in [2.24, 2.45) is 0 Å². The number of aromatic nitrogens is 2. The Morgan fingerprint density at radius 3 is 2.72 bits per heavy atom. The molecule has 3 heterocycles. The molecule has 0 bridgehead atoms. The summed E-state index contributed by atoms with van der Waals surface area (Å²) in [5, 5.41) is 1.05. The molecule has 0 saturated carbocycles. The first-order chi connectivity index (χ1) is 8.95. The van der Waals surface area contributed by atoms with Gasteiger partial charge < -0.3 is 4.42 Å². The van der Waals surface area contributed by atoms with Crippen molar-refractivity contribution in [1.82, 2.24) is 9.55 Å². The van der Waals surface area contributed by atoms with Crippen LogP contribution in [0.15, 0.2) is 65.4 Å². The quantitative estimate of drug-likeness (QED) is 0.502. The van der Waals surface area contributed by atoms with Crippen molar-refractivity contribution in [3.63, 3.8) is 0 Å². The van der Waals surface area contributed by atoms with Crippen LogP contribution >= 0.6 is 0 Å². The minimum atomic E-state index is 0.843. The number of para-hydroxylation sites is 1. The second-order valence-corrected chi connectivity index (χ2v) is 4.18. The SMILES string of the molecule is c1ccc(-n2c3cccnc3c3ccoc32)cc1. The Hall–Kier alpha value is -2.55. The number of hydrogen-bond donors (Lipinski definition) is 0. The highest BCUT2D eigenvalue weighted by molar-refractivity contribution is 6.04. The van der Waals surface area contributed by atoms with Crippen molar-refractivity contribution in [2.45, 2.75) is 0 Å². The van der Waals surface area contributed by atoms with Gasteiger partial charge in [0.25, 0.3) is 0 Å². The standard InChI is InChI=1S/C15H10N2O/c1-2-5-11(6-3-1)17-13-7-4-9-16-14(13)12-8-10-18-15(12)17/h1-10H. The van der Waals surface area contributed by atoms with Crippen LogP contribution in [0.3, 0.4) is 0 Å². The van der Waals surface area contributed by atoms with E-state index in [9.17, 15) is 0 Å². The van der Waals surface area contributed by atoms with Gasteiger partial charge in [0.05, 0.1) is 22.7 Å². The van der Waals surface area contributed by atoms with E-state index in [1.807, 2.05) is 36.5 Å². The second kappa shape index (κ2) is 3.47. The first-order valence-electron chi connectivity index (χ1n) is 5.83. The van der Waals surface area contributed by atoms with E-state index in [0.717, 1.165) is 27.8 Å². The minimum absolute atomic E-state index is 0.843. The largest absolute Gasteiger partial charge is 0.447 e. The Morgan fingerprint density at radius 1 is 0.944 bits per heavy atom. The van der Waals surface area contributed by atoms with E-state index in [1.165, 1.54) is 0 Å². The Kier molecular flexibility index (Phi) is 1.83. The van der Waals surface area contributed by atoms with Gasteiger partial charge in [-0.25, -0.2) is 0 Å². The average Bonchev–Trinajstić information content (AvgIpc) is 2.99. The highest BCUT2D eigenvalue weighted by Crippen LogP contribution is 2.30. The Labute approximate surface area is 103 Å². The molecule has 0 N–H and O–H groups in total. The molecule has 4 rings (SSSR count). The number of nitrogens with zero attached hydrogens (tertiary/aromatic N) is 2. The van der Waals surface area contributed by atoms with Gasteiger partial charge in [0.2, 0.25) is 5.71 Å². The number of hydrogen-bond acceptors (Lipinski definition) is 2. The van der Waals surface area contributed by atoms with E-state index < -0.39 is 0 Å². The molecule has 0 fully saturated rings. The van der Waals surface area contributed by atoms with Gasteiger partial charge in [0, 0.05) is 11.9 Å². The summed E-state index contributed by atoms with van der Waals surface area (Å²) < 4.78 is 7.71. The van der Waals surface area contributed by atoms with E-state index in [2.05, 4.69) is 27.8 Å². The Morgan fingerprint density at radius 2 is 1.83 bits per heavy atom. The molecule has 3 nitrogen and oxygen atoms in total. The van der Waals surface area contributed by atoms with E-state index >= 15 is 0 Å². The molecule has 86 valence electrons. The summed E-state index contributed by atoms with van der Waals surface area (Å²) in [6.07, 6.45) is 3.52. The molecule has 1 aromatic carbocycles. The van der Waals surface area contributed by atoms with Crippen LogP contribution in [0, 0.1) is 0 Å². The topological polar surface area (TPSA) is 31.0 Å². The zero-order valence-electron chi connectivity index (χ0n) is 9.58. The molecule has 0 unspecified atom stereocenters. The van der Waals surface area contributed by atoms with Crippen LogP contribution in [0.25, 0.3) is 27.8 Å². The van der Waals surface area contributed by atoms with Crippen molar-refractivity contribution in [2.75, 3.05) is 0 Å². The average molecular weight is 234 g/mol. The van der Waals surface area contributed by atoms with Crippen molar-refractivity contribution in [1.29, 1.82) is 0 Å². The molecule has 0 aliphatic heterocycles. The third-order valence-corrected chi connectivity index (χ3v) is 3.14. The number of fused-ring (bicyclic) bond motifs is 3. The molecule has 0 spiro atoms. The fourth-order valence-corrected chi connectivity index (χ4v) is 2.38. The number of benzene rings is 1.